The third kappa shape index (κ3) is 2.38. The Hall–Kier alpha value is -1.88. The molecule has 0 amide bonds. The van der Waals surface area contributed by atoms with Crippen molar-refractivity contribution in [2.75, 3.05) is 0 Å². The largest absolute Gasteiger partial charge is 0.248 e. The highest BCUT2D eigenvalue weighted by atomic mass is 32.1. The fraction of sp³-hybridized carbons (Fsp3) is 0.0909. The molecular formula is C11H10N4S. The van der Waals surface area contributed by atoms with E-state index in [2.05, 4.69) is 27.0 Å². The lowest BCUT2D eigenvalue weighted by atomic mass is 10.1. The summed E-state index contributed by atoms with van der Waals surface area (Å²) in [5.41, 5.74) is 2.11. The Labute approximate surface area is 98.1 Å². The normalized spacial score (nSPS) is 10.0. The molecule has 1 aromatic carbocycles. The Bertz CT molecular complexity index is 524. The molecule has 4 nitrogen and oxygen atoms in total. The van der Waals surface area contributed by atoms with Crippen LogP contribution in [0.5, 0.6) is 0 Å². The molecule has 2 rings (SSSR count). The quantitative estimate of drug-likeness (QED) is 0.649. The Morgan fingerprint density at radius 1 is 1.25 bits per heavy atom. The van der Waals surface area contributed by atoms with Gasteiger partial charge in [-0.25, -0.2) is 5.10 Å². The van der Waals surface area contributed by atoms with E-state index in [4.69, 9.17) is 12.2 Å². The second-order valence-electron chi connectivity index (χ2n) is 3.24. The maximum atomic E-state index is 4.77. The number of aromatic nitrogens is 4. The van der Waals surface area contributed by atoms with Gasteiger partial charge < -0.3 is 0 Å². The number of rotatable bonds is 3. The lowest BCUT2D eigenvalue weighted by molar-refractivity contribution is 0.847. The molecule has 80 valence electrons. The van der Waals surface area contributed by atoms with Crippen molar-refractivity contribution in [1.29, 1.82) is 0 Å². The van der Waals surface area contributed by atoms with Crippen LogP contribution in [0.2, 0.25) is 0 Å². The van der Waals surface area contributed by atoms with Crippen molar-refractivity contribution in [1.82, 2.24) is 20.4 Å². The van der Waals surface area contributed by atoms with Gasteiger partial charge in [-0.2, -0.15) is 5.10 Å². The number of hydrogen-bond donors (Lipinski definition) is 1. The molecule has 0 fully saturated rings. The van der Waals surface area contributed by atoms with Crippen molar-refractivity contribution < 1.29 is 0 Å². The van der Waals surface area contributed by atoms with Gasteiger partial charge in [0, 0.05) is 5.56 Å². The fourth-order valence-corrected chi connectivity index (χ4v) is 1.40. The van der Waals surface area contributed by atoms with E-state index in [0.717, 1.165) is 12.0 Å². The summed E-state index contributed by atoms with van der Waals surface area (Å²) in [4.78, 5) is 0. The first-order valence-electron chi connectivity index (χ1n) is 4.79. The zero-order valence-corrected chi connectivity index (χ0v) is 9.37. The van der Waals surface area contributed by atoms with E-state index in [1.165, 1.54) is 5.56 Å². The molecule has 0 aliphatic heterocycles. The zero-order valence-electron chi connectivity index (χ0n) is 8.55. The minimum Gasteiger partial charge on any atom is -0.248 e. The minimum atomic E-state index is 0.284. The van der Waals surface area contributed by atoms with Crippen molar-refractivity contribution >= 4 is 12.2 Å². The summed E-state index contributed by atoms with van der Waals surface area (Å²) in [5.74, 6) is 0.541. The van der Waals surface area contributed by atoms with Gasteiger partial charge in [0.05, 0.1) is 0 Å². The summed E-state index contributed by atoms with van der Waals surface area (Å²) in [7, 11) is 0. The number of nitrogens with zero attached hydrogens (tertiary/aromatic N) is 3. The van der Waals surface area contributed by atoms with Crippen LogP contribution in [0.1, 0.15) is 5.56 Å². The van der Waals surface area contributed by atoms with Crippen LogP contribution in [0.25, 0.3) is 11.4 Å². The molecule has 16 heavy (non-hydrogen) atoms. The second-order valence-corrected chi connectivity index (χ2v) is 3.63. The fourth-order valence-electron chi connectivity index (χ4n) is 1.32. The first kappa shape index (κ1) is 10.6. The van der Waals surface area contributed by atoms with Gasteiger partial charge in [0.15, 0.2) is 0 Å². The number of benzene rings is 1. The summed E-state index contributed by atoms with van der Waals surface area (Å²) in [6, 6.07) is 7.93. The van der Waals surface area contributed by atoms with Crippen molar-refractivity contribution in [3.63, 3.8) is 0 Å². The monoisotopic (exact) mass is 230 g/mol. The van der Waals surface area contributed by atoms with Gasteiger partial charge in [0.2, 0.25) is 10.6 Å². The van der Waals surface area contributed by atoms with Crippen LogP contribution in [-0.2, 0) is 6.42 Å². The average Bonchev–Trinajstić information content (AvgIpc) is 2.32. The number of hydrogen-bond acceptors (Lipinski definition) is 4. The topological polar surface area (TPSA) is 54.5 Å². The lowest BCUT2D eigenvalue weighted by Crippen LogP contribution is -1.95. The number of allylic oxidation sites excluding steroid dienone is 1. The highest BCUT2D eigenvalue weighted by molar-refractivity contribution is 7.71. The molecule has 5 heteroatoms. The van der Waals surface area contributed by atoms with Crippen molar-refractivity contribution in [3.8, 4) is 11.4 Å². The third-order valence-corrected chi connectivity index (χ3v) is 2.26. The highest BCUT2D eigenvalue weighted by Crippen LogP contribution is 2.14. The van der Waals surface area contributed by atoms with Gasteiger partial charge in [-0.3, -0.25) is 0 Å². The summed E-state index contributed by atoms with van der Waals surface area (Å²) < 4.78 is 0.284. The van der Waals surface area contributed by atoms with Gasteiger partial charge in [0.25, 0.3) is 0 Å². The molecule has 0 aliphatic rings. The summed E-state index contributed by atoms with van der Waals surface area (Å²) >= 11 is 4.77. The average molecular weight is 230 g/mol. The molecule has 0 spiro atoms. The summed E-state index contributed by atoms with van der Waals surface area (Å²) in [6.07, 6.45) is 2.73. The van der Waals surface area contributed by atoms with Gasteiger partial charge in [-0.15, -0.1) is 16.8 Å². The third-order valence-electron chi connectivity index (χ3n) is 2.09. The van der Waals surface area contributed by atoms with Crippen LogP contribution in [0.3, 0.4) is 0 Å². The van der Waals surface area contributed by atoms with Crippen molar-refractivity contribution in [2.24, 2.45) is 0 Å². The zero-order chi connectivity index (χ0) is 11.4. The van der Waals surface area contributed by atoms with Crippen LogP contribution in [0, 0.1) is 4.77 Å². The van der Waals surface area contributed by atoms with Crippen LogP contribution in [-0.4, -0.2) is 20.4 Å². The van der Waals surface area contributed by atoms with E-state index in [1.54, 1.807) is 0 Å². The van der Waals surface area contributed by atoms with E-state index in [1.807, 2.05) is 30.3 Å². The molecule has 0 unspecified atom stereocenters. The summed E-state index contributed by atoms with van der Waals surface area (Å²) in [5, 5.41) is 14.3. The number of H-pyrrole nitrogens is 1. The van der Waals surface area contributed by atoms with Crippen LogP contribution < -0.4 is 0 Å². The SMILES string of the molecule is C=CCc1ccc(-c2nnc(=S)[nH]n2)cc1. The molecule has 0 aliphatic carbocycles. The van der Waals surface area contributed by atoms with E-state index < -0.39 is 0 Å². The number of aromatic amines is 1. The van der Waals surface area contributed by atoms with Gasteiger partial charge >= 0.3 is 0 Å². The first-order chi connectivity index (χ1) is 7.79. The molecule has 0 bridgehead atoms. The second kappa shape index (κ2) is 4.76. The Morgan fingerprint density at radius 2 is 2.00 bits per heavy atom. The van der Waals surface area contributed by atoms with Crippen molar-refractivity contribution in [2.45, 2.75) is 6.42 Å². The Balaban J connectivity index is 2.30. The van der Waals surface area contributed by atoms with E-state index in [0.29, 0.717) is 5.82 Å². The highest BCUT2D eigenvalue weighted by Gasteiger charge is 2.00. The lowest BCUT2D eigenvalue weighted by Gasteiger charge is -1.99. The van der Waals surface area contributed by atoms with Gasteiger partial charge in [-0.1, -0.05) is 30.3 Å². The molecule has 0 saturated carbocycles. The Kier molecular flexibility index (Phi) is 3.16. The van der Waals surface area contributed by atoms with E-state index in [9.17, 15) is 0 Å². The van der Waals surface area contributed by atoms with Crippen molar-refractivity contribution in [3.05, 3.63) is 47.3 Å². The van der Waals surface area contributed by atoms with Gasteiger partial charge in [-0.05, 0) is 24.2 Å². The maximum absolute atomic E-state index is 4.77. The van der Waals surface area contributed by atoms with E-state index >= 15 is 0 Å². The molecule has 1 aromatic heterocycles. The minimum absolute atomic E-state index is 0.284. The number of nitrogens with one attached hydrogen (secondary N) is 1. The smallest absolute Gasteiger partial charge is 0.234 e. The predicted octanol–water partition coefficient (Wildman–Crippen LogP) is 2.32. The molecule has 1 N–H and O–H groups in total. The van der Waals surface area contributed by atoms with Crippen LogP contribution >= 0.6 is 12.2 Å². The standard InChI is InChI=1S/C11H10N4S/c1-2-3-8-4-6-9(7-5-8)10-12-14-11(16)15-13-10/h2,4-7H,1,3H2,(H,14,15,16). The van der Waals surface area contributed by atoms with Gasteiger partial charge in [0.1, 0.15) is 0 Å². The van der Waals surface area contributed by atoms with Crippen LogP contribution in [0.4, 0.5) is 0 Å². The Morgan fingerprint density at radius 3 is 2.56 bits per heavy atom. The molecular weight excluding hydrogens is 220 g/mol. The summed E-state index contributed by atoms with van der Waals surface area (Å²) in [6.45, 7) is 3.69. The molecule has 0 radical (unpaired) electrons. The molecule has 0 atom stereocenters. The maximum Gasteiger partial charge on any atom is 0.234 e. The van der Waals surface area contributed by atoms with Crippen LogP contribution in [0.15, 0.2) is 36.9 Å². The van der Waals surface area contributed by atoms with E-state index in [-0.39, 0.29) is 4.77 Å². The molecule has 1 heterocycles. The predicted molar refractivity (Wildman–Crippen MR) is 64.3 cm³/mol. The first-order valence-corrected chi connectivity index (χ1v) is 5.20. The molecule has 2 aromatic rings. The molecule has 0 saturated heterocycles.